The zero-order valence-corrected chi connectivity index (χ0v) is 16.1. The molecule has 0 bridgehead atoms. The summed E-state index contributed by atoms with van der Waals surface area (Å²) in [7, 11) is 1.83. The summed E-state index contributed by atoms with van der Waals surface area (Å²) >= 11 is 0. The molecule has 9 heteroatoms. The Morgan fingerprint density at radius 2 is 2.17 bits per heavy atom. The molecule has 2 aromatic heterocycles. The van der Waals surface area contributed by atoms with Crippen molar-refractivity contribution in [1.29, 1.82) is 5.26 Å². The van der Waals surface area contributed by atoms with Crippen LogP contribution in [0.25, 0.3) is 11.2 Å². The van der Waals surface area contributed by atoms with Crippen molar-refractivity contribution in [2.24, 2.45) is 0 Å². The second-order valence-electron chi connectivity index (χ2n) is 6.99. The maximum atomic E-state index is 12.7. The van der Waals surface area contributed by atoms with Gasteiger partial charge in [-0.1, -0.05) is 6.07 Å². The van der Waals surface area contributed by atoms with Gasteiger partial charge in [0.05, 0.1) is 24.5 Å². The number of nitriles is 1. The third-order valence-electron chi connectivity index (χ3n) is 5.00. The Labute approximate surface area is 168 Å². The number of benzene rings is 1. The van der Waals surface area contributed by atoms with E-state index in [0.29, 0.717) is 35.9 Å². The number of imidazole rings is 1. The van der Waals surface area contributed by atoms with Gasteiger partial charge in [0, 0.05) is 33.0 Å². The minimum Gasteiger partial charge on any atom is -0.490 e. The summed E-state index contributed by atoms with van der Waals surface area (Å²) in [5.74, 6) is 1.39. The molecule has 1 fully saturated rings. The molecule has 29 heavy (non-hydrogen) atoms. The number of H-pyrrole nitrogens is 1. The number of amides is 1. The number of nitrogens with zero attached hydrogens (tertiary/aromatic N) is 6. The lowest BCUT2D eigenvalue weighted by Gasteiger charge is -2.33. The molecule has 1 saturated heterocycles. The van der Waals surface area contributed by atoms with Gasteiger partial charge < -0.3 is 19.5 Å². The lowest BCUT2D eigenvalue weighted by molar-refractivity contribution is -0.131. The SMILES string of the molecule is CN(CC(=O)N1CCC(Oc2cccc(C#N)c2)CC1)c1ncnc2nc[nH]c12. The van der Waals surface area contributed by atoms with Gasteiger partial charge in [0.2, 0.25) is 5.91 Å². The molecule has 1 amide bonds. The van der Waals surface area contributed by atoms with Crippen LogP contribution in [0.15, 0.2) is 36.9 Å². The van der Waals surface area contributed by atoms with Crippen molar-refractivity contribution in [3.8, 4) is 11.8 Å². The predicted octanol–water partition coefficient (Wildman–Crippen LogP) is 1.73. The second kappa shape index (κ2) is 8.14. The molecular formula is C20H21N7O2. The van der Waals surface area contributed by atoms with Gasteiger partial charge >= 0.3 is 0 Å². The quantitative estimate of drug-likeness (QED) is 0.705. The minimum atomic E-state index is 0.0391. The number of fused-ring (bicyclic) bond motifs is 1. The molecule has 3 heterocycles. The van der Waals surface area contributed by atoms with Crippen LogP contribution in [0.5, 0.6) is 5.75 Å². The van der Waals surface area contributed by atoms with Crippen molar-refractivity contribution in [3.05, 3.63) is 42.5 Å². The molecule has 1 aliphatic rings. The molecule has 1 aliphatic heterocycles. The molecule has 1 aromatic carbocycles. The highest BCUT2D eigenvalue weighted by Gasteiger charge is 2.25. The third kappa shape index (κ3) is 4.11. The average molecular weight is 391 g/mol. The first-order valence-corrected chi connectivity index (χ1v) is 9.44. The first-order chi connectivity index (χ1) is 14.1. The number of nitrogens with one attached hydrogen (secondary N) is 1. The van der Waals surface area contributed by atoms with E-state index in [9.17, 15) is 4.79 Å². The number of aromatic nitrogens is 4. The smallest absolute Gasteiger partial charge is 0.242 e. The van der Waals surface area contributed by atoms with Crippen molar-refractivity contribution < 1.29 is 9.53 Å². The van der Waals surface area contributed by atoms with Gasteiger partial charge in [-0.3, -0.25) is 4.79 Å². The van der Waals surface area contributed by atoms with Crippen LogP contribution in [0.4, 0.5) is 5.82 Å². The molecule has 9 nitrogen and oxygen atoms in total. The van der Waals surface area contributed by atoms with Crippen molar-refractivity contribution >= 4 is 22.9 Å². The van der Waals surface area contributed by atoms with Gasteiger partial charge in [-0.15, -0.1) is 0 Å². The number of carbonyl (C=O) groups excluding carboxylic acids is 1. The van der Waals surface area contributed by atoms with Crippen LogP contribution >= 0.6 is 0 Å². The Bertz CT molecular complexity index is 1050. The molecule has 148 valence electrons. The number of aromatic amines is 1. The van der Waals surface area contributed by atoms with E-state index in [1.54, 1.807) is 23.4 Å². The molecular weight excluding hydrogens is 370 g/mol. The highest BCUT2D eigenvalue weighted by Crippen LogP contribution is 2.21. The molecule has 0 radical (unpaired) electrons. The fourth-order valence-electron chi connectivity index (χ4n) is 3.47. The predicted molar refractivity (Wildman–Crippen MR) is 106 cm³/mol. The average Bonchev–Trinajstić information content (AvgIpc) is 3.23. The summed E-state index contributed by atoms with van der Waals surface area (Å²) in [4.78, 5) is 31.9. The van der Waals surface area contributed by atoms with Gasteiger partial charge in [0.25, 0.3) is 0 Å². The van der Waals surface area contributed by atoms with Crippen molar-refractivity contribution in [3.63, 3.8) is 0 Å². The van der Waals surface area contributed by atoms with Crippen molar-refractivity contribution in [2.75, 3.05) is 31.6 Å². The number of carbonyl (C=O) groups is 1. The highest BCUT2D eigenvalue weighted by molar-refractivity contribution is 5.87. The van der Waals surface area contributed by atoms with Gasteiger partial charge in [-0.25, -0.2) is 15.0 Å². The van der Waals surface area contributed by atoms with Crippen LogP contribution in [0.3, 0.4) is 0 Å². The Kier molecular flexibility index (Phi) is 5.24. The van der Waals surface area contributed by atoms with E-state index in [2.05, 4.69) is 26.0 Å². The van der Waals surface area contributed by atoms with Crippen LogP contribution < -0.4 is 9.64 Å². The second-order valence-corrected chi connectivity index (χ2v) is 6.99. The number of hydrogen-bond donors (Lipinski definition) is 1. The van der Waals surface area contributed by atoms with E-state index in [1.165, 1.54) is 6.33 Å². The Morgan fingerprint density at radius 1 is 1.34 bits per heavy atom. The number of anilines is 1. The highest BCUT2D eigenvalue weighted by atomic mass is 16.5. The summed E-state index contributed by atoms with van der Waals surface area (Å²) < 4.78 is 5.99. The molecule has 0 unspecified atom stereocenters. The van der Waals surface area contributed by atoms with E-state index in [-0.39, 0.29) is 18.6 Å². The summed E-state index contributed by atoms with van der Waals surface area (Å²) in [6, 6.07) is 9.27. The molecule has 0 saturated carbocycles. The van der Waals surface area contributed by atoms with Gasteiger partial charge in [0.1, 0.15) is 23.7 Å². The summed E-state index contributed by atoms with van der Waals surface area (Å²) in [6.45, 7) is 1.50. The number of likely N-dealkylation sites (tertiary alicyclic amines) is 1. The first-order valence-electron chi connectivity index (χ1n) is 9.44. The van der Waals surface area contributed by atoms with E-state index < -0.39 is 0 Å². The van der Waals surface area contributed by atoms with Gasteiger partial charge in [-0.05, 0) is 18.2 Å². The molecule has 0 atom stereocenters. The van der Waals surface area contributed by atoms with E-state index in [4.69, 9.17) is 10.00 Å². The molecule has 1 N–H and O–H groups in total. The van der Waals surface area contributed by atoms with Crippen molar-refractivity contribution in [1.82, 2.24) is 24.8 Å². The third-order valence-corrected chi connectivity index (χ3v) is 5.00. The minimum absolute atomic E-state index is 0.0391. The molecule has 0 aliphatic carbocycles. The molecule has 3 aromatic rings. The van der Waals surface area contributed by atoms with E-state index in [1.807, 2.05) is 24.1 Å². The lowest BCUT2D eigenvalue weighted by Crippen LogP contribution is -2.45. The molecule has 0 spiro atoms. The maximum absolute atomic E-state index is 12.7. The molecule has 4 rings (SSSR count). The number of ether oxygens (including phenoxy) is 1. The van der Waals surface area contributed by atoms with Crippen molar-refractivity contribution in [2.45, 2.75) is 18.9 Å². The topological polar surface area (TPSA) is 111 Å². The van der Waals surface area contributed by atoms with Crippen LogP contribution in [0, 0.1) is 11.3 Å². The van der Waals surface area contributed by atoms with E-state index in [0.717, 1.165) is 18.4 Å². The number of rotatable bonds is 5. The van der Waals surface area contributed by atoms with Gasteiger partial charge in [-0.2, -0.15) is 5.26 Å². The zero-order chi connectivity index (χ0) is 20.2. The normalized spacial score (nSPS) is 14.6. The fraction of sp³-hybridized carbons (Fsp3) is 0.350. The number of hydrogen-bond acceptors (Lipinski definition) is 7. The maximum Gasteiger partial charge on any atom is 0.242 e. The Hall–Kier alpha value is -3.67. The van der Waals surface area contributed by atoms with Crippen LogP contribution in [-0.4, -0.2) is 63.5 Å². The Morgan fingerprint density at radius 3 is 2.97 bits per heavy atom. The van der Waals surface area contributed by atoms with Crippen LogP contribution in [-0.2, 0) is 4.79 Å². The monoisotopic (exact) mass is 391 g/mol. The zero-order valence-electron chi connectivity index (χ0n) is 16.1. The number of likely N-dealkylation sites (N-methyl/N-ethyl adjacent to an activating group) is 1. The fourth-order valence-corrected chi connectivity index (χ4v) is 3.47. The van der Waals surface area contributed by atoms with Gasteiger partial charge in [0.15, 0.2) is 11.5 Å². The van der Waals surface area contributed by atoms with E-state index >= 15 is 0 Å². The summed E-state index contributed by atoms with van der Waals surface area (Å²) in [6.07, 6.45) is 4.56. The Balaban J connectivity index is 1.32. The standard InChI is InChI=1S/C20H21N7O2/c1-26(20-18-19(23-12-22-18)24-13-25-20)11-17(28)27-7-5-15(6-8-27)29-16-4-2-3-14(9-16)10-21/h2-4,9,12-13,15H,5-8,11H2,1H3,(H,22,23,24,25). The van der Waals surface area contributed by atoms with Crippen LogP contribution in [0.1, 0.15) is 18.4 Å². The first kappa shape index (κ1) is 18.7. The lowest BCUT2D eigenvalue weighted by atomic mass is 10.1. The largest absolute Gasteiger partial charge is 0.490 e. The summed E-state index contributed by atoms with van der Waals surface area (Å²) in [5, 5.41) is 9.00. The summed E-state index contributed by atoms with van der Waals surface area (Å²) in [5.41, 5.74) is 1.87. The van der Waals surface area contributed by atoms with Crippen LogP contribution in [0.2, 0.25) is 0 Å². The number of piperidine rings is 1.